The molecular weight excluding hydrogens is 290 g/mol. The molecule has 114 valence electrons. The molecule has 4 N–H and O–H groups in total. The van der Waals surface area contributed by atoms with Gasteiger partial charge >= 0.3 is 0 Å². The maximum atomic E-state index is 12.8. The topological polar surface area (TPSA) is 105 Å². The highest BCUT2D eigenvalue weighted by atomic mass is 32.2. The zero-order valence-corrected chi connectivity index (χ0v) is 12.7. The van der Waals surface area contributed by atoms with Gasteiger partial charge in [-0.1, -0.05) is 12.1 Å². The van der Waals surface area contributed by atoms with Crippen molar-refractivity contribution in [1.29, 1.82) is 5.41 Å². The normalized spacial score (nSPS) is 34.8. The Morgan fingerprint density at radius 3 is 2.76 bits per heavy atom. The maximum absolute atomic E-state index is 12.8. The molecular formula is C14H19N3O3S. The molecule has 6 nitrogen and oxygen atoms in total. The van der Waals surface area contributed by atoms with E-state index in [1.54, 1.807) is 25.1 Å². The van der Waals surface area contributed by atoms with Gasteiger partial charge in [-0.15, -0.1) is 0 Å². The SMILES string of the molecule is C[C@@]1(c2cccc(N)c2)CS(=O)(=O)[C@@]2(CCOC2)C(=N)N1. The number of ether oxygens (including phenoxy) is 1. The van der Waals surface area contributed by atoms with Crippen LogP contribution in [0.1, 0.15) is 18.9 Å². The van der Waals surface area contributed by atoms with E-state index < -0.39 is 20.1 Å². The summed E-state index contributed by atoms with van der Waals surface area (Å²) in [5.41, 5.74) is 6.28. The third-order valence-corrected chi connectivity index (χ3v) is 7.11. The summed E-state index contributed by atoms with van der Waals surface area (Å²) in [5, 5.41) is 11.3. The first-order valence-corrected chi connectivity index (χ1v) is 8.48. The van der Waals surface area contributed by atoms with Crippen molar-refractivity contribution in [2.45, 2.75) is 23.6 Å². The van der Waals surface area contributed by atoms with Gasteiger partial charge in [0.05, 0.1) is 17.9 Å². The highest BCUT2D eigenvalue weighted by molar-refractivity contribution is 7.93. The van der Waals surface area contributed by atoms with Gasteiger partial charge in [-0.25, -0.2) is 8.42 Å². The molecule has 1 aromatic rings. The van der Waals surface area contributed by atoms with Crippen LogP contribution in [0, 0.1) is 5.41 Å². The number of hydrogen-bond donors (Lipinski definition) is 3. The van der Waals surface area contributed by atoms with Crippen LogP contribution >= 0.6 is 0 Å². The molecule has 0 amide bonds. The van der Waals surface area contributed by atoms with E-state index in [0.717, 1.165) is 5.56 Å². The lowest BCUT2D eigenvalue weighted by Crippen LogP contribution is -2.66. The van der Waals surface area contributed by atoms with Gasteiger partial charge in [-0.3, -0.25) is 5.41 Å². The van der Waals surface area contributed by atoms with Crippen molar-refractivity contribution in [3.05, 3.63) is 29.8 Å². The lowest BCUT2D eigenvalue weighted by atomic mass is 9.91. The molecule has 7 heteroatoms. The number of nitrogens with two attached hydrogens (primary N) is 1. The summed E-state index contributed by atoms with van der Waals surface area (Å²) in [4.78, 5) is 0. The first-order chi connectivity index (χ1) is 9.79. The number of nitrogens with one attached hydrogen (secondary N) is 2. The minimum atomic E-state index is -3.49. The highest BCUT2D eigenvalue weighted by Gasteiger charge is 2.57. The zero-order chi connectivity index (χ0) is 15.3. The second-order valence-electron chi connectivity index (χ2n) is 6.01. The Labute approximate surface area is 124 Å². The molecule has 2 saturated heterocycles. The van der Waals surface area contributed by atoms with Crippen molar-refractivity contribution in [3.63, 3.8) is 0 Å². The predicted octanol–water partition coefficient (Wildman–Crippen LogP) is 0.638. The van der Waals surface area contributed by atoms with E-state index in [4.69, 9.17) is 15.9 Å². The van der Waals surface area contributed by atoms with Gasteiger partial charge in [0.15, 0.2) is 14.6 Å². The van der Waals surface area contributed by atoms with Crippen LogP contribution in [-0.4, -0.2) is 38.0 Å². The summed E-state index contributed by atoms with van der Waals surface area (Å²) in [6, 6.07) is 7.12. The third-order valence-electron chi connectivity index (χ3n) is 4.44. The maximum Gasteiger partial charge on any atom is 0.168 e. The van der Waals surface area contributed by atoms with Gasteiger partial charge in [-0.05, 0) is 31.0 Å². The molecule has 1 aromatic carbocycles. The Hall–Kier alpha value is -1.60. The minimum absolute atomic E-state index is 0.0242. The predicted molar refractivity (Wildman–Crippen MR) is 81.0 cm³/mol. The van der Waals surface area contributed by atoms with Crippen LogP contribution in [0.4, 0.5) is 5.69 Å². The third kappa shape index (κ3) is 2.03. The van der Waals surface area contributed by atoms with E-state index in [9.17, 15) is 8.42 Å². The fourth-order valence-corrected chi connectivity index (χ4v) is 5.42. The molecule has 0 aliphatic carbocycles. The van der Waals surface area contributed by atoms with E-state index in [2.05, 4.69) is 5.32 Å². The van der Waals surface area contributed by atoms with Crippen molar-refractivity contribution in [1.82, 2.24) is 5.32 Å². The van der Waals surface area contributed by atoms with E-state index in [1.807, 2.05) is 6.07 Å². The van der Waals surface area contributed by atoms with Crippen molar-refractivity contribution < 1.29 is 13.2 Å². The molecule has 0 radical (unpaired) electrons. The lowest BCUT2D eigenvalue weighted by molar-refractivity contribution is 0.193. The van der Waals surface area contributed by atoms with Gasteiger partial charge < -0.3 is 15.8 Å². The van der Waals surface area contributed by atoms with Gasteiger partial charge in [0, 0.05) is 12.3 Å². The summed E-state index contributed by atoms with van der Waals surface area (Å²) < 4.78 is 29.7. The summed E-state index contributed by atoms with van der Waals surface area (Å²) in [5.74, 6) is -0.0500. The van der Waals surface area contributed by atoms with Crippen LogP contribution in [0.2, 0.25) is 0 Å². The van der Waals surface area contributed by atoms with Crippen molar-refractivity contribution >= 4 is 21.4 Å². The van der Waals surface area contributed by atoms with Crippen molar-refractivity contribution in [2.75, 3.05) is 24.7 Å². The largest absolute Gasteiger partial charge is 0.399 e. The average molecular weight is 309 g/mol. The Kier molecular flexibility index (Phi) is 3.04. The second kappa shape index (κ2) is 4.45. The van der Waals surface area contributed by atoms with Gasteiger partial charge in [0.25, 0.3) is 0 Å². The summed E-state index contributed by atoms with van der Waals surface area (Å²) in [6.45, 7) is 2.23. The van der Waals surface area contributed by atoms with Crippen molar-refractivity contribution in [3.8, 4) is 0 Å². The van der Waals surface area contributed by atoms with Gasteiger partial charge in [0.1, 0.15) is 5.84 Å². The molecule has 2 atom stereocenters. The number of benzene rings is 1. The van der Waals surface area contributed by atoms with E-state index in [-0.39, 0.29) is 18.2 Å². The second-order valence-corrected chi connectivity index (χ2v) is 8.31. The fourth-order valence-electron chi connectivity index (χ4n) is 3.13. The van der Waals surface area contributed by atoms with E-state index in [1.165, 1.54) is 0 Å². The molecule has 3 rings (SSSR count). The molecule has 0 saturated carbocycles. The number of amidine groups is 1. The molecule has 2 fully saturated rings. The standard InChI is InChI=1S/C14H19N3O3S/c1-13(10-3-2-4-11(15)7-10)9-21(18,19)14(12(16)17-13)5-6-20-8-14/h2-4,7H,5-6,8-9,15H2,1H3,(H2,16,17)/t13-,14+/m0/s1. The van der Waals surface area contributed by atoms with Crippen LogP contribution in [0.25, 0.3) is 0 Å². The number of hydrogen-bond acceptors (Lipinski definition) is 5. The summed E-state index contributed by atoms with van der Waals surface area (Å²) in [7, 11) is -3.49. The number of nitrogen functional groups attached to an aromatic ring is 1. The number of sulfone groups is 1. The minimum Gasteiger partial charge on any atom is -0.399 e. The van der Waals surface area contributed by atoms with E-state index >= 15 is 0 Å². The molecule has 0 aromatic heterocycles. The quantitative estimate of drug-likeness (QED) is 0.660. The zero-order valence-electron chi connectivity index (χ0n) is 11.8. The monoisotopic (exact) mass is 309 g/mol. The van der Waals surface area contributed by atoms with Gasteiger partial charge in [-0.2, -0.15) is 0 Å². The molecule has 21 heavy (non-hydrogen) atoms. The van der Waals surface area contributed by atoms with Crippen LogP contribution in [0.5, 0.6) is 0 Å². The first-order valence-electron chi connectivity index (χ1n) is 6.82. The summed E-state index contributed by atoms with van der Waals surface area (Å²) in [6.07, 6.45) is 0.341. The smallest absolute Gasteiger partial charge is 0.168 e. The Balaban J connectivity index is 2.04. The van der Waals surface area contributed by atoms with E-state index in [0.29, 0.717) is 18.7 Å². The first kappa shape index (κ1) is 14.3. The number of anilines is 1. The molecule has 2 aliphatic rings. The molecule has 1 spiro atoms. The van der Waals surface area contributed by atoms with Crippen LogP contribution in [-0.2, 0) is 20.1 Å². The summed E-state index contributed by atoms with van der Waals surface area (Å²) >= 11 is 0. The van der Waals surface area contributed by atoms with Crippen LogP contribution < -0.4 is 11.1 Å². The molecule has 0 bridgehead atoms. The average Bonchev–Trinajstić information content (AvgIpc) is 2.87. The molecule has 2 aliphatic heterocycles. The van der Waals surface area contributed by atoms with Crippen LogP contribution in [0.3, 0.4) is 0 Å². The Bertz CT molecular complexity index is 695. The Morgan fingerprint density at radius 1 is 1.43 bits per heavy atom. The van der Waals surface area contributed by atoms with Gasteiger partial charge in [0.2, 0.25) is 0 Å². The molecule has 2 heterocycles. The highest BCUT2D eigenvalue weighted by Crippen LogP contribution is 2.38. The van der Waals surface area contributed by atoms with Crippen LogP contribution in [0.15, 0.2) is 24.3 Å². The lowest BCUT2D eigenvalue weighted by Gasteiger charge is -2.44. The fraction of sp³-hybridized carbons (Fsp3) is 0.500. The number of rotatable bonds is 1. The molecule has 0 unspecified atom stereocenters. The Morgan fingerprint density at radius 2 is 2.19 bits per heavy atom. The van der Waals surface area contributed by atoms with Crippen molar-refractivity contribution in [2.24, 2.45) is 0 Å².